The molecule has 17 heavy (non-hydrogen) atoms. The van der Waals surface area contributed by atoms with Crippen LogP contribution in [0.2, 0.25) is 0 Å². The number of hydrogen-bond acceptors (Lipinski definition) is 3. The van der Waals surface area contributed by atoms with Gasteiger partial charge in [0.1, 0.15) is 5.75 Å². The molecule has 0 fully saturated rings. The molecular weight excluding hydrogens is 257 g/mol. The molecule has 94 valence electrons. The third-order valence-electron chi connectivity index (χ3n) is 1.88. The summed E-state index contributed by atoms with van der Waals surface area (Å²) in [5.74, 6) is 0.529. The molecule has 3 nitrogen and oxygen atoms in total. The van der Waals surface area contributed by atoms with E-state index in [1.54, 1.807) is 0 Å². The molecule has 0 aliphatic rings. The van der Waals surface area contributed by atoms with Crippen molar-refractivity contribution < 1.29 is 26.3 Å². The summed E-state index contributed by atoms with van der Waals surface area (Å²) in [6.07, 6.45) is 0.877. The van der Waals surface area contributed by atoms with Gasteiger partial charge in [0, 0.05) is 5.41 Å². The fourth-order valence-electron chi connectivity index (χ4n) is 0.960. The first-order chi connectivity index (χ1) is 7.76. The number of methoxy groups -OCH3 is 1. The van der Waals surface area contributed by atoms with Gasteiger partial charge in [-0.1, -0.05) is 12.1 Å². The molecule has 0 saturated carbocycles. The third kappa shape index (κ3) is 3.48. The van der Waals surface area contributed by atoms with E-state index in [2.05, 4.69) is 0 Å². The lowest BCUT2D eigenvalue weighted by molar-refractivity contribution is -0.0423. The van der Waals surface area contributed by atoms with Crippen molar-refractivity contribution in [1.29, 1.82) is 0 Å². The normalized spacial score (nSPS) is 12.9. The number of sulfone groups is 1. The van der Waals surface area contributed by atoms with Gasteiger partial charge in [-0.15, -0.1) is 0 Å². The van der Waals surface area contributed by atoms with Crippen molar-refractivity contribution in [3.05, 3.63) is 35.2 Å². The van der Waals surface area contributed by atoms with Crippen LogP contribution in [0.15, 0.2) is 29.7 Å². The second-order valence-corrected chi connectivity index (χ2v) is 4.89. The summed E-state index contributed by atoms with van der Waals surface area (Å²) in [6.45, 7) is 0. The fraction of sp³-hybridized carbons (Fsp3) is 0.200. The Balaban J connectivity index is 2.91. The van der Waals surface area contributed by atoms with Gasteiger partial charge in [-0.05, 0) is 23.8 Å². The van der Waals surface area contributed by atoms with Gasteiger partial charge >= 0.3 is 5.51 Å². The highest BCUT2D eigenvalue weighted by molar-refractivity contribution is 7.95. The highest BCUT2D eigenvalue weighted by Gasteiger charge is 2.43. The molecule has 0 N–H and O–H groups in total. The highest BCUT2D eigenvalue weighted by Crippen LogP contribution is 2.25. The Morgan fingerprint density at radius 3 is 2.12 bits per heavy atom. The largest absolute Gasteiger partial charge is 0.501 e. The Labute approximate surface area is 96.4 Å². The third-order valence-corrected chi connectivity index (χ3v) is 3.02. The van der Waals surface area contributed by atoms with Crippen LogP contribution >= 0.6 is 0 Å². The van der Waals surface area contributed by atoms with E-state index in [0.29, 0.717) is 11.3 Å². The van der Waals surface area contributed by atoms with Crippen molar-refractivity contribution in [2.24, 2.45) is 0 Å². The highest BCUT2D eigenvalue weighted by atomic mass is 32.2. The Hall–Kier alpha value is -1.50. The molecular formula is C10H9F3O3S. The first-order valence-electron chi connectivity index (χ1n) is 4.40. The lowest BCUT2D eigenvalue weighted by Crippen LogP contribution is -2.20. The van der Waals surface area contributed by atoms with E-state index in [0.717, 1.165) is 6.08 Å². The van der Waals surface area contributed by atoms with Crippen molar-refractivity contribution in [3.8, 4) is 5.75 Å². The van der Waals surface area contributed by atoms with E-state index >= 15 is 0 Å². The number of ether oxygens (including phenoxy) is 1. The monoisotopic (exact) mass is 266 g/mol. The molecule has 1 aromatic carbocycles. The summed E-state index contributed by atoms with van der Waals surface area (Å²) >= 11 is 0. The van der Waals surface area contributed by atoms with Gasteiger partial charge in [-0.3, -0.25) is 0 Å². The smallest absolute Gasteiger partial charge is 0.497 e. The van der Waals surface area contributed by atoms with Crippen LogP contribution in [0.4, 0.5) is 13.2 Å². The van der Waals surface area contributed by atoms with Gasteiger partial charge in [-0.2, -0.15) is 13.2 Å². The molecule has 0 atom stereocenters. The minimum Gasteiger partial charge on any atom is -0.497 e. The summed E-state index contributed by atoms with van der Waals surface area (Å²) in [6, 6.07) is 5.92. The zero-order valence-corrected chi connectivity index (χ0v) is 9.55. The van der Waals surface area contributed by atoms with E-state index in [4.69, 9.17) is 4.74 Å². The number of alkyl halides is 3. The van der Waals surface area contributed by atoms with Crippen LogP contribution in [-0.2, 0) is 9.84 Å². The molecule has 0 aliphatic heterocycles. The minimum absolute atomic E-state index is 0.134. The molecule has 1 rings (SSSR count). The average molecular weight is 266 g/mol. The molecule has 1 aromatic rings. The molecule has 0 saturated heterocycles. The summed E-state index contributed by atoms with van der Waals surface area (Å²) in [5.41, 5.74) is -4.94. The Morgan fingerprint density at radius 1 is 1.18 bits per heavy atom. The summed E-state index contributed by atoms with van der Waals surface area (Å²) in [4.78, 5) is 0. The fourth-order valence-corrected chi connectivity index (χ4v) is 1.45. The summed E-state index contributed by atoms with van der Waals surface area (Å²) in [5, 5.41) is 0.134. The van der Waals surface area contributed by atoms with E-state index < -0.39 is 15.3 Å². The van der Waals surface area contributed by atoms with Crippen molar-refractivity contribution in [2.45, 2.75) is 5.51 Å². The molecule has 7 heteroatoms. The molecule has 0 heterocycles. The van der Waals surface area contributed by atoms with Gasteiger partial charge < -0.3 is 4.74 Å². The van der Waals surface area contributed by atoms with Gasteiger partial charge in [0.2, 0.25) is 0 Å². The Morgan fingerprint density at radius 2 is 1.71 bits per heavy atom. The first-order valence-corrected chi connectivity index (χ1v) is 5.94. The molecule has 0 spiro atoms. The lowest BCUT2D eigenvalue weighted by Gasteiger charge is -2.03. The molecule has 0 bridgehead atoms. The number of benzene rings is 1. The zero-order chi connectivity index (χ0) is 13.1. The van der Waals surface area contributed by atoms with Crippen LogP contribution in [0.5, 0.6) is 5.75 Å². The second kappa shape index (κ2) is 4.79. The van der Waals surface area contributed by atoms with E-state index in [1.807, 2.05) is 0 Å². The van der Waals surface area contributed by atoms with E-state index in [9.17, 15) is 21.6 Å². The van der Waals surface area contributed by atoms with Gasteiger partial charge in [0.25, 0.3) is 9.84 Å². The summed E-state index contributed by atoms with van der Waals surface area (Å²) < 4.78 is 62.3. The predicted molar refractivity (Wildman–Crippen MR) is 57.0 cm³/mol. The minimum atomic E-state index is -5.27. The van der Waals surface area contributed by atoms with Crippen LogP contribution < -0.4 is 4.74 Å². The average Bonchev–Trinajstić information content (AvgIpc) is 2.25. The second-order valence-electron chi connectivity index (χ2n) is 3.07. The van der Waals surface area contributed by atoms with Crippen LogP contribution in [-0.4, -0.2) is 21.0 Å². The number of halogens is 3. The SMILES string of the molecule is COc1ccc(C=CS(=O)(=O)C(F)(F)F)cc1. The quantitative estimate of drug-likeness (QED) is 0.844. The Bertz CT molecular complexity index is 501. The van der Waals surface area contributed by atoms with Crippen LogP contribution in [0.1, 0.15) is 5.56 Å². The maximum Gasteiger partial charge on any atom is 0.501 e. The van der Waals surface area contributed by atoms with Crippen LogP contribution in [0.25, 0.3) is 6.08 Å². The lowest BCUT2D eigenvalue weighted by atomic mass is 10.2. The number of hydrogen-bond donors (Lipinski definition) is 0. The van der Waals surface area contributed by atoms with E-state index in [-0.39, 0.29) is 5.41 Å². The van der Waals surface area contributed by atoms with Crippen LogP contribution in [0.3, 0.4) is 0 Å². The van der Waals surface area contributed by atoms with E-state index in [1.165, 1.54) is 31.4 Å². The molecule has 0 aliphatic carbocycles. The van der Waals surface area contributed by atoms with Gasteiger partial charge in [-0.25, -0.2) is 8.42 Å². The molecule has 0 aromatic heterocycles. The maximum atomic E-state index is 12.0. The molecule has 0 radical (unpaired) electrons. The first kappa shape index (κ1) is 13.6. The van der Waals surface area contributed by atoms with Crippen molar-refractivity contribution in [1.82, 2.24) is 0 Å². The molecule has 0 amide bonds. The maximum absolute atomic E-state index is 12.0. The van der Waals surface area contributed by atoms with Crippen molar-refractivity contribution in [3.63, 3.8) is 0 Å². The number of rotatable bonds is 3. The van der Waals surface area contributed by atoms with Crippen molar-refractivity contribution in [2.75, 3.05) is 7.11 Å². The molecule has 0 unspecified atom stereocenters. The topological polar surface area (TPSA) is 43.4 Å². The van der Waals surface area contributed by atoms with Gasteiger partial charge in [0.05, 0.1) is 7.11 Å². The predicted octanol–water partition coefficient (Wildman–Crippen LogP) is 2.60. The van der Waals surface area contributed by atoms with Crippen molar-refractivity contribution >= 4 is 15.9 Å². The standard InChI is InChI=1S/C10H9F3O3S/c1-16-9-4-2-8(3-5-9)6-7-17(14,15)10(11,12)13/h2-7H,1H3. The van der Waals surface area contributed by atoms with Gasteiger partial charge in [0.15, 0.2) is 0 Å². The zero-order valence-electron chi connectivity index (χ0n) is 8.73. The summed E-state index contributed by atoms with van der Waals surface area (Å²) in [7, 11) is -3.78. The van der Waals surface area contributed by atoms with Crippen LogP contribution in [0, 0.1) is 0 Å². The Kier molecular flexibility index (Phi) is 3.82.